The van der Waals surface area contributed by atoms with E-state index in [1.165, 1.54) is 48.2 Å². The summed E-state index contributed by atoms with van der Waals surface area (Å²) in [5, 5.41) is 12.7. The number of H-pyrrole nitrogens is 1. The van der Waals surface area contributed by atoms with Gasteiger partial charge in [0.2, 0.25) is 0 Å². The molecule has 2 fully saturated rings. The van der Waals surface area contributed by atoms with Gasteiger partial charge in [0.05, 0.1) is 24.7 Å². The standard InChI is InChI=1S/C26H31FN4O3/c1-16(15-32)24-23(26(34)30-13-17(12-27)14-30)25-28-21(11-22(33)31(25)29-24)20-9-7-19(8-10-20)18-5-3-2-4-6-18/h7-11,16-18,29,32H,2-6,12-15H2,1H3/t16-/m0/s1. The average molecular weight is 467 g/mol. The molecule has 34 heavy (non-hydrogen) atoms. The molecule has 1 atom stereocenters. The van der Waals surface area contributed by atoms with Crippen LogP contribution in [0.2, 0.25) is 0 Å². The molecule has 2 aromatic heterocycles. The molecule has 2 N–H and O–H groups in total. The average Bonchev–Trinajstić information content (AvgIpc) is 3.23. The van der Waals surface area contributed by atoms with Gasteiger partial charge in [-0.15, -0.1) is 0 Å². The number of halogens is 1. The molecule has 3 aromatic rings. The molecule has 180 valence electrons. The third kappa shape index (κ3) is 4.04. The van der Waals surface area contributed by atoms with Gasteiger partial charge in [-0.05, 0) is 24.3 Å². The second-order valence-corrected chi connectivity index (χ2v) is 9.81. The zero-order chi connectivity index (χ0) is 23.8. The van der Waals surface area contributed by atoms with Crippen LogP contribution in [0.5, 0.6) is 0 Å². The number of nitrogens with zero attached hydrogens (tertiary/aromatic N) is 3. The number of aliphatic hydroxyl groups excluding tert-OH is 1. The summed E-state index contributed by atoms with van der Waals surface area (Å²) in [6.45, 7) is 1.80. The highest BCUT2D eigenvalue weighted by Gasteiger charge is 2.35. The molecule has 7 nitrogen and oxygen atoms in total. The van der Waals surface area contributed by atoms with Crippen LogP contribution in [0, 0.1) is 5.92 Å². The molecule has 8 heteroatoms. The minimum atomic E-state index is -0.462. The van der Waals surface area contributed by atoms with E-state index >= 15 is 0 Å². The number of hydrogen-bond donors (Lipinski definition) is 2. The number of alkyl halides is 1. The summed E-state index contributed by atoms with van der Waals surface area (Å²) < 4.78 is 14.2. The van der Waals surface area contributed by atoms with Crippen molar-refractivity contribution in [2.45, 2.75) is 50.9 Å². The maximum absolute atomic E-state index is 13.3. The predicted molar refractivity (Wildman–Crippen MR) is 128 cm³/mol. The lowest BCUT2D eigenvalue weighted by Gasteiger charge is -2.37. The number of fused-ring (bicyclic) bond motifs is 1. The molecule has 2 aliphatic rings. The van der Waals surface area contributed by atoms with Crippen LogP contribution in [0.4, 0.5) is 4.39 Å². The summed E-state index contributed by atoms with van der Waals surface area (Å²) >= 11 is 0. The number of carbonyl (C=O) groups excluding carboxylic acids is 1. The molecule has 1 aliphatic carbocycles. The number of hydrogen-bond acceptors (Lipinski definition) is 4. The number of amides is 1. The Morgan fingerprint density at radius 3 is 2.56 bits per heavy atom. The van der Waals surface area contributed by atoms with Gasteiger partial charge in [-0.25, -0.2) is 9.50 Å². The molecule has 3 heterocycles. The highest BCUT2D eigenvalue weighted by molar-refractivity contribution is 6.01. The molecule has 1 amide bonds. The Balaban J connectivity index is 1.54. The van der Waals surface area contributed by atoms with Crippen LogP contribution >= 0.6 is 0 Å². The van der Waals surface area contributed by atoms with Crippen molar-refractivity contribution >= 4 is 11.6 Å². The van der Waals surface area contributed by atoms with Crippen molar-refractivity contribution in [3.05, 3.63) is 57.5 Å². The van der Waals surface area contributed by atoms with Gasteiger partial charge < -0.3 is 10.0 Å². The normalized spacial score (nSPS) is 18.3. The summed E-state index contributed by atoms with van der Waals surface area (Å²) in [6.07, 6.45) is 6.27. The minimum absolute atomic E-state index is 0.151. The topological polar surface area (TPSA) is 90.7 Å². The fraction of sp³-hybridized carbons (Fsp3) is 0.500. The number of nitrogens with one attached hydrogen (secondary N) is 1. The Morgan fingerprint density at radius 1 is 1.21 bits per heavy atom. The lowest BCUT2D eigenvalue weighted by molar-refractivity contribution is 0.0452. The van der Waals surface area contributed by atoms with Crippen molar-refractivity contribution in [3.8, 4) is 11.3 Å². The third-order valence-electron chi connectivity index (χ3n) is 7.37. The molecule has 1 aliphatic heterocycles. The van der Waals surface area contributed by atoms with Crippen molar-refractivity contribution in [1.82, 2.24) is 19.5 Å². The Labute approximate surface area is 197 Å². The summed E-state index contributed by atoms with van der Waals surface area (Å²) in [7, 11) is 0. The van der Waals surface area contributed by atoms with Crippen LogP contribution in [0.25, 0.3) is 16.9 Å². The molecule has 1 aromatic carbocycles. The smallest absolute Gasteiger partial charge is 0.273 e. The number of benzene rings is 1. The van der Waals surface area contributed by atoms with Crippen LogP contribution in [0.3, 0.4) is 0 Å². The van der Waals surface area contributed by atoms with Crippen LogP contribution in [-0.4, -0.2) is 56.9 Å². The Bertz CT molecular complexity index is 1240. The lowest BCUT2D eigenvalue weighted by Crippen LogP contribution is -2.51. The molecule has 0 bridgehead atoms. The van der Waals surface area contributed by atoms with Crippen LogP contribution in [0.15, 0.2) is 35.1 Å². The Morgan fingerprint density at radius 2 is 1.91 bits per heavy atom. The van der Waals surface area contributed by atoms with Crippen molar-refractivity contribution in [3.63, 3.8) is 0 Å². The monoisotopic (exact) mass is 466 g/mol. The molecule has 1 saturated carbocycles. The van der Waals surface area contributed by atoms with Crippen LogP contribution in [-0.2, 0) is 0 Å². The van der Waals surface area contributed by atoms with Crippen molar-refractivity contribution in [2.24, 2.45) is 5.92 Å². The molecule has 0 radical (unpaired) electrons. The first-order valence-electron chi connectivity index (χ1n) is 12.2. The minimum Gasteiger partial charge on any atom is -0.396 e. The lowest BCUT2D eigenvalue weighted by atomic mass is 9.84. The van der Waals surface area contributed by atoms with Gasteiger partial charge in [-0.3, -0.25) is 19.1 Å². The first-order chi connectivity index (χ1) is 16.5. The summed E-state index contributed by atoms with van der Waals surface area (Å²) in [5.41, 5.74) is 3.29. The van der Waals surface area contributed by atoms with Crippen molar-refractivity contribution < 1.29 is 14.3 Å². The molecule has 5 rings (SSSR count). The van der Waals surface area contributed by atoms with Crippen LogP contribution in [0.1, 0.15) is 72.5 Å². The second kappa shape index (κ2) is 9.33. The van der Waals surface area contributed by atoms with E-state index in [1.54, 1.807) is 11.8 Å². The van der Waals surface area contributed by atoms with E-state index < -0.39 is 12.6 Å². The second-order valence-electron chi connectivity index (χ2n) is 9.81. The summed E-state index contributed by atoms with van der Waals surface area (Å²) in [5.74, 6) is -0.251. The van der Waals surface area contributed by atoms with Gasteiger partial charge >= 0.3 is 0 Å². The third-order valence-corrected chi connectivity index (χ3v) is 7.37. The first-order valence-corrected chi connectivity index (χ1v) is 12.2. The highest BCUT2D eigenvalue weighted by Crippen LogP contribution is 2.33. The number of aromatic nitrogens is 3. The molecular weight excluding hydrogens is 435 g/mol. The van der Waals surface area contributed by atoms with E-state index in [1.807, 2.05) is 12.1 Å². The molecular formula is C26H31FN4O3. The van der Waals surface area contributed by atoms with E-state index in [9.17, 15) is 19.1 Å². The van der Waals surface area contributed by atoms with Gasteiger partial charge in [-0.1, -0.05) is 50.5 Å². The van der Waals surface area contributed by atoms with Gasteiger partial charge in [0.25, 0.3) is 11.5 Å². The van der Waals surface area contributed by atoms with Crippen LogP contribution < -0.4 is 5.56 Å². The Kier molecular flexibility index (Phi) is 6.25. The first kappa shape index (κ1) is 22.8. The molecule has 0 spiro atoms. The fourth-order valence-electron chi connectivity index (χ4n) is 5.21. The maximum Gasteiger partial charge on any atom is 0.273 e. The van der Waals surface area contributed by atoms with Crippen molar-refractivity contribution in [1.29, 1.82) is 0 Å². The highest BCUT2D eigenvalue weighted by atomic mass is 19.1. The zero-order valence-corrected chi connectivity index (χ0v) is 19.5. The quantitative estimate of drug-likeness (QED) is 0.577. The predicted octanol–water partition coefficient (Wildman–Crippen LogP) is 3.87. The molecule has 1 saturated heterocycles. The number of aliphatic hydroxyl groups is 1. The SMILES string of the molecule is C[C@@H](CO)c1[nH]n2c(=O)cc(-c3ccc(C4CCCCC4)cc3)nc2c1C(=O)N1CC(CF)C1. The van der Waals surface area contributed by atoms with E-state index in [2.05, 4.69) is 17.2 Å². The maximum atomic E-state index is 13.3. The van der Waals surface area contributed by atoms with E-state index in [4.69, 9.17) is 4.98 Å². The zero-order valence-electron chi connectivity index (χ0n) is 19.5. The van der Waals surface area contributed by atoms with E-state index in [0.717, 1.165) is 5.56 Å². The number of likely N-dealkylation sites (tertiary alicyclic amines) is 1. The summed E-state index contributed by atoms with van der Waals surface area (Å²) in [6, 6.07) is 9.69. The van der Waals surface area contributed by atoms with E-state index in [0.29, 0.717) is 30.4 Å². The number of rotatable bonds is 6. The Hall–Kier alpha value is -3.00. The van der Waals surface area contributed by atoms with Gasteiger partial charge in [0.15, 0.2) is 5.65 Å². The van der Waals surface area contributed by atoms with Gasteiger partial charge in [0.1, 0.15) is 5.56 Å². The van der Waals surface area contributed by atoms with E-state index in [-0.39, 0.29) is 35.2 Å². The molecule has 0 unspecified atom stereocenters. The largest absolute Gasteiger partial charge is 0.396 e. The van der Waals surface area contributed by atoms with Crippen molar-refractivity contribution in [2.75, 3.05) is 26.4 Å². The van der Waals surface area contributed by atoms with Gasteiger partial charge in [0, 0.05) is 36.6 Å². The summed E-state index contributed by atoms with van der Waals surface area (Å²) in [4.78, 5) is 32.6. The number of aromatic amines is 1. The van der Waals surface area contributed by atoms with Gasteiger partial charge in [-0.2, -0.15) is 0 Å². The fourth-order valence-corrected chi connectivity index (χ4v) is 5.21. The number of carbonyl (C=O) groups is 1.